The molecule has 0 fully saturated rings. The first-order valence-corrected chi connectivity index (χ1v) is 5.30. The third-order valence-electron chi connectivity index (χ3n) is 1.94. The van der Waals surface area contributed by atoms with E-state index in [1.165, 1.54) is 0 Å². The molecule has 0 aromatic heterocycles. The van der Waals surface area contributed by atoms with Gasteiger partial charge in [-0.1, -0.05) is 32.9 Å². The van der Waals surface area contributed by atoms with Gasteiger partial charge in [0.05, 0.1) is 4.20 Å². The average Bonchev–Trinajstić information content (AvgIpc) is 2.03. The fraction of sp³-hybridized carbons (Fsp3) is 0.400. The highest BCUT2D eigenvalue weighted by Gasteiger charge is 2.20. The monoisotopic (exact) mass is 199 g/mol. The molecule has 3 heteroatoms. The van der Waals surface area contributed by atoms with Gasteiger partial charge in [-0.3, -0.25) is 0 Å². The largest absolute Gasteiger partial charge is 0.597 e. The average molecular weight is 199 g/mol. The number of hydrogen-bond donors (Lipinski definition) is 0. The van der Waals surface area contributed by atoms with E-state index in [0.717, 1.165) is 5.56 Å². The zero-order valence-corrected chi connectivity index (χ0v) is 8.94. The predicted molar refractivity (Wildman–Crippen MR) is 53.5 cm³/mol. The van der Waals surface area contributed by atoms with Crippen LogP contribution < -0.4 is 5.30 Å². The van der Waals surface area contributed by atoms with Crippen molar-refractivity contribution in [1.82, 2.24) is 0 Å². The molecular weight excluding hydrogens is 186 g/mol. The van der Waals surface area contributed by atoms with Crippen LogP contribution in [-0.2, 0) is 9.98 Å². The van der Waals surface area contributed by atoms with Crippen LogP contribution in [0.2, 0.25) is 0 Å². The molecule has 1 atom stereocenters. The van der Waals surface area contributed by atoms with Crippen molar-refractivity contribution in [3.05, 3.63) is 29.8 Å². The summed E-state index contributed by atoms with van der Waals surface area (Å²) < 4.78 is 22.9. The van der Waals surface area contributed by atoms with Crippen LogP contribution >= 0.6 is 8.11 Å². The quantitative estimate of drug-likeness (QED) is 0.634. The van der Waals surface area contributed by atoms with Gasteiger partial charge in [-0.25, -0.2) is 0 Å². The van der Waals surface area contributed by atoms with Crippen molar-refractivity contribution >= 4 is 13.4 Å². The zero-order chi connectivity index (χ0) is 10.1. The normalized spacial score (nSPS) is 12.8. The maximum absolute atomic E-state index is 12.4. The maximum Gasteiger partial charge on any atom is 0.597 e. The molecule has 1 rings (SSSR count). The molecule has 0 saturated carbocycles. The molecule has 0 saturated heterocycles. The first-order chi connectivity index (χ1) is 5.91. The van der Waals surface area contributed by atoms with Gasteiger partial charge in [0, 0.05) is 0 Å². The number of benzene rings is 1. The molecule has 70 valence electrons. The van der Waals surface area contributed by atoms with Crippen molar-refractivity contribution in [2.24, 2.45) is 0 Å². The van der Waals surface area contributed by atoms with Gasteiger partial charge < -0.3 is 0 Å². The van der Waals surface area contributed by atoms with Crippen LogP contribution in [0.4, 0.5) is 4.20 Å². The Kier molecular flexibility index (Phi) is 2.82. The molecule has 1 aromatic rings. The second kappa shape index (κ2) is 3.55. The number of hydrogen-bond acceptors (Lipinski definition) is 1. The Bertz CT molecular complexity index is 311. The topological polar surface area (TPSA) is 17.1 Å². The van der Waals surface area contributed by atoms with Gasteiger partial charge in [-0.15, -0.1) is 0 Å². The summed E-state index contributed by atoms with van der Waals surface area (Å²) in [5.74, 6) is 0. The molecule has 0 spiro atoms. The third kappa shape index (κ3) is 2.60. The first kappa shape index (κ1) is 10.3. The second-order valence-corrected chi connectivity index (χ2v) is 5.05. The predicted octanol–water partition coefficient (Wildman–Crippen LogP) is 3.32. The Balaban J connectivity index is 3.01. The zero-order valence-electron chi connectivity index (χ0n) is 8.04. The molecule has 0 aliphatic rings. The van der Waals surface area contributed by atoms with Crippen molar-refractivity contribution < 1.29 is 8.76 Å². The molecule has 0 aliphatic carbocycles. The van der Waals surface area contributed by atoms with Gasteiger partial charge in [0.2, 0.25) is 5.30 Å². The van der Waals surface area contributed by atoms with Crippen LogP contribution in [-0.4, -0.2) is 0 Å². The highest BCUT2D eigenvalue weighted by atomic mass is 31.1. The van der Waals surface area contributed by atoms with Gasteiger partial charge in [0.1, 0.15) is 0 Å². The van der Waals surface area contributed by atoms with Gasteiger partial charge in [0.25, 0.3) is 0 Å². The number of rotatable bonds is 1. The second-order valence-electron chi connectivity index (χ2n) is 4.04. The van der Waals surface area contributed by atoms with Gasteiger partial charge in [0.15, 0.2) is 0 Å². The summed E-state index contributed by atoms with van der Waals surface area (Å²) in [4.78, 5) is 0. The lowest BCUT2D eigenvalue weighted by Crippen LogP contribution is -2.11. The smallest absolute Gasteiger partial charge is 0.0561 e. The molecular formula is C10H13FOP+. The molecule has 1 unspecified atom stereocenters. The molecule has 0 heterocycles. The van der Waals surface area contributed by atoms with E-state index in [4.69, 9.17) is 0 Å². The summed E-state index contributed by atoms with van der Waals surface area (Å²) in [5.41, 5.74) is 1.17. The van der Waals surface area contributed by atoms with Crippen LogP contribution in [0.5, 0.6) is 0 Å². The Morgan fingerprint density at radius 3 is 1.92 bits per heavy atom. The Hall–Kier alpha value is -0.750. The van der Waals surface area contributed by atoms with Crippen LogP contribution in [0.25, 0.3) is 0 Å². The van der Waals surface area contributed by atoms with Crippen molar-refractivity contribution in [2.75, 3.05) is 0 Å². The van der Waals surface area contributed by atoms with E-state index in [9.17, 15) is 8.76 Å². The van der Waals surface area contributed by atoms with Gasteiger partial charge >= 0.3 is 8.11 Å². The summed E-state index contributed by atoms with van der Waals surface area (Å²) in [5, 5.41) is 0.267. The van der Waals surface area contributed by atoms with E-state index in [1.54, 1.807) is 12.1 Å². The Morgan fingerprint density at radius 2 is 1.62 bits per heavy atom. The molecule has 0 N–H and O–H groups in total. The SMILES string of the molecule is CC(C)(C)c1ccc([P+](=O)F)cc1. The van der Waals surface area contributed by atoms with E-state index in [2.05, 4.69) is 20.8 Å². The molecule has 0 amide bonds. The minimum Gasteiger partial charge on any atom is -0.0561 e. The lowest BCUT2D eigenvalue weighted by molar-refractivity contribution is 0.567. The van der Waals surface area contributed by atoms with E-state index < -0.39 is 8.11 Å². The fourth-order valence-corrected chi connectivity index (χ4v) is 1.46. The van der Waals surface area contributed by atoms with Crippen LogP contribution in [0, 0.1) is 0 Å². The van der Waals surface area contributed by atoms with E-state index in [-0.39, 0.29) is 10.7 Å². The minimum atomic E-state index is -2.69. The van der Waals surface area contributed by atoms with Gasteiger partial charge in [-0.2, -0.15) is 0 Å². The third-order valence-corrected chi connectivity index (χ3v) is 2.64. The lowest BCUT2D eigenvalue weighted by atomic mass is 9.87. The number of halogens is 1. The van der Waals surface area contributed by atoms with Crippen LogP contribution in [0.1, 0.15) is 26.3 Å². The molecule has 0 aliphatic heterocycles. The van der Waals surface area contributed by atoms with Crippen molar-refractivity contribution in [3.8, 4) is 0 Å². The summed E-state index contributed by atoms with van der Waals surface area (Å²) in [6.45, 7) is 6.24. The summed E-state index contributed by atoms with van der Waals surface area (Å²) in [6.07, 6.45) is 0. The first-order valence-electron chi connectivity index (χ1n) is 4.15. The van der Waals surface area contributed by atoms with Gasteiger partial charge in [-0.05, 0) is 27.7 Å². The standard InChI is InChI=1S/C10H13FOP/c1-10(2,3)8-4-6-9(7-5-8)13(11)12/h4-7H,1-3H3/q+1. The Morgan fingerprint density at radius 1 is 1.15 bits per heavy atom. The van der Waals surface area contributed by atoms with Crippen molar-refractivity contribution in [2.45, 2.75) is 26.2 Å². The summed E-state index contributed by atoms with van der Waals surface area (Å²) >= 11 is 0. The molecule has 13 heavy (non-hydrogen) atoms. The Labute approximate surface area is 78.9 Å². The van der Waals surface area contributed by atoms with Crippen molar-refractivity contribution in [3.63, 3.8) is 0 Å². The van der Waals surface area contributed by atoms with Crippen LogP contribution in [0.3, 0.4) is 0 Å². The minimum absolute atomic E-state index is 0.0560. The summed E-state index contributed by atoms with van der Waals surface area (Å²) in [6, 6.07) is 6.81. The van der Waals surface area contributed by atoms with Crippen LogP contribution in [0.15, 0.2) is 24.3 Å². The van der Waals surface area contributed by atoms with E-state index in [1.807, 2.05) is 12.1 Å². The molecule has 0 bridgehead atoms. The van der Waals surface area contributed by atoms with E-state index >= 15 is 0 Å². The molecule has 1 nitrogen and oxygen atoms in total. The highest BCUT2D eigenvalue weighted by Crippen LogP contribution is 2.24. The summed E-state index contributed by atoms with van der Waals surface area (Å²) in [7, 11) is -2.69. The maximum atomic E-state index is 12.4. The van der Waals surface area contributed by atoms with E-state index in [0.29, 0.717) is 0 Å². The lowest BCUT2D eigenvalue weighted by Gasteiger charge is -2.17. The molecule has 0 radical (unpaired) electrons. The highest BCUT2D eigenvalue weighted by molar-refractivity contribution is 7.47. The molecule has 1 aromatic carbocycles. The fourth-order valence-electron chi connectivity index (χ4n) is 1.08. The van der Waals surface area contributed by atoms with Crippen molar-refractivity contribution in [1.29, 1.82) is 0 Å².